The molecule has 12 heavy (non-hydrogen) atoms. The van der Waals surface area contributed by atoms with Crippen molar-refractivity contribution in [2.45, 2.75) is 12.2 Å². The summed E-state index contributed by atoms with van der Waals surface area (Å²) in [4.78, 5) is 0. The van der Waals surface area contributed by atoms with Crippen molar-refractivity contribution in [2.24, 2.45) is 11.8 Å². The van der Waals surface area contributed by atoms with Crippen LogP contribution in [-0.4, -0.2) is 48.8 Å². The van der Waals surface area contributed by atoms with Crippen LogP contribution >= 0.6 is 0 Å². The highest BCUT2D eigenvalue weighted by molar-refractivity contribution is 4.86. The summed E-state index contributed by atoms with van der Waals surface area (Å²) in [6.45, 7) is 2.30. The second kappa shape index (κ2) is 3.30. The largest absolute Gasteiger partial charge is 0.390 e. The van der Waals surface area contributed by atoms with Crippen LogP contribution in [0.5, 0.6) is 0 Å². The first-order chi connectivity index (χ1) is 5.79. The van der Waals surface area contributed by atoms with Gasteiger partial charge in [0.05, 0.1) is 38.6 Å². The molecule has 0 saturated carbocycles. The number of rotatable bonds is 3. The van der Waals surface area contributed by atoms with Gasteiger partial charge in [-0.2, -0.15) is 0 Å². The fourth-order valence-corrected chi connectivity index (χ4v) is 1.46. The lowest BCUT2D eigenvalue weighted by atomic mass is 9.88. The number of ether oxygens (including phenoxy) is 2. The van der Waals surface area contributed by atoms with E-state index in [9.17, 15) is 10.2 Å². The van der Waals surface area contributed by atoms with Gasteiger partial charge in [-0.1, -0.05) is 0 Å². The molecule has 2 fully saturated rings. The predicted octanol–water partition coefficient (Wildman–Crippen LogP) is -0.999. The smallest absolute Gasteiger partial charge is 0.0875 e. The van der Waals surface area contributed by atoms with Gasteiger partial charge in [-0.25, -0.2) is 0 Å². The highest BCUT2D eigenvalue weighted by atomic mass is 16.5. The van der Waals surface area contributed by atoms with Gasteiger partial charge in [-0.05, 0) is 0 Å². The summed E-state index contributed by atoms with van der Waals surface area (Å²) < 4.78 is 9.87. The zero-order valence-corrected chi connectivity index (χ0v) is 6.85. The summed E-state index contributed by atoms with van der Waals surface area (Å²) in [5, 5.41) is 19.2. The van der Waals surface area contributed by atoms with Gasteiger partial charge in [0.25, 0.3) is 0 Å². The van der Waals surface area contributed by atoms with E-state index in [0.717, 1.165) is 0 Å². The minimum absolute atomic E-state index is 0.126. The Morgan fingerprint density at radius 1 is 0.833 bits per heavy atom. The highest BCUT2D eigenvalue weighted by Crippen LogP contribution is 2.24. The van der Waals surface area contributed by atoms with E-state index < -0.39 is 12.2 Å². The van der Waals surface area contributed by atoms with E-state index in [0.29, 0.717) is 26.4 Å². The molecule has 2 aliphatic heterocycles. The quantitative estimate of drug-likeness (QED) is 0.576. The van der Waals surface area contributed by atoms with Gasteiger partial charge in [0.2, 0.25) is 0 Å². The number of hydrogen-bond donors (Lipinski definition) is 2. The molecule has 2 N–H and O–H groups in total. The van der Waals surface area contributed by atoms with Crippen LogP contribution in [0.25, 0.3) is 0 Å². The maximum Gasteiger partial charge on any atom is 0.0875 e. The standard InChI is InChI=1S/C8H14O4/c9-7(5-1-11-2-5)8(10)6-3-12-4-6/h5-10H,1-4H2. The Kier molecular flexibility index (Phi) is 2.32. The predicted molar refractivity (Wildman–Crippen MR) is 40.6 cm³/mol. The van der Waals surface area contributed by atoms with Crippen LogP contribution in [0, 0.1) is 11.8 Å². The van der Waals surface area contributed by atoms with Crippen molar-refractivity contribution in [1.29, 1.82) is 0 Å². The summed E-state index contributed by atoms with van der Waals surface area (Å²) in [6.07, 6.45) is -1.26. The molecule has 0 aromatic carbocycles. The number of aliphatic hydroxyl groups excluding tert-OH is 2. The molecule has 2 saturated heterocycles. The van der Waals surface area contributed by atoms with Gasteiger partial charge < -0.3 is 19.7 Å². The van der Waals surface area contributed by atoms with E-state index >= 15 is 0 Å². The van der Waals surface area contributed by atoms with Gasteiger partial charge in [0.15, 0.2) is 0 Å². The molecule has 4 heteroatoms. The van der Waals surface area contributed by atoms with E-state index in [4.69, 9.17) is 9.47 Å². The molecule has 70 valence electrons. The maximum atomic E-state index is 9.59. The first-order valence-corrected chi connectivity index (χ1v) is 4.30. The Morgan fingerprint density at radius 2 is 1.17 bits per heavy atom. The summed E-state index contributed by atoms with van der Waals surface area (Å²) in [5.41, 5.74) is 0. The summed E-state index contributed by atoms with van der Waals surface area (Å²) in [6, 6.07) is 0. The van der Waals surface area contributed by atoms with Crippen LogP contribution in [0.15, 0.2) is 0 Å². The maximum absolute atomic E-state index is 9.59. The average molecular weight is 174 g/mol. The van der Waals surface area contributed by atoms with Crippen LogP contribution in [0.4, 0.5) is 0 Å². The second-order valence-electron chi connectivity index (χ2n) is 3.58. The van der Waals surface area contributed by atoms with E-state index in [1.807, 2.05) is 0 Å². The number of aliphatic hydroxyl groups is 2. The lowest BCUT2D eigenvalue weighted by molar-refractivity contribution is -0.172. The third-order valence-corrected chi connectivity index (χ3v) is 2.64. The lowest BCUT2D eigenvalue weighted by Gasteiger charge is -2.38. The molecule has 0 aliphatic carbocycles. The monoisotopic (exact) mass is 174 g/mol. The molecule has 2 unspecified atom stereocenters. The molecule has 0 bridgehead atoms. The van der Waals surface area contributed by atoms with Crippen molar-refractivity contribution in [2.75, 3.05) is 26.4 Å². The molecule has 0 radical (unpaired) electrons. The van der Waals surface area contributed by atoms with Crippen molar-refractivity contribution in [1.82, 2.24) is 0 Å². The molecule has 2 atom stereocenters. The molecule has 2 heterocycles. The molecule has 0 spiro atoms. The van der Waals surface area contributed by atoms with Gasteiger partial charge in [-0.3, -0.25) is 0 Å². The molecule has 0 aromatic rings. The molecule has 0 aromatic heterocycles. The highest BCUT2D eigenvalue weighted by Gasteiger charge is 2.38. The van der Waals surface area contributed by atoms with Gasteiger partial charge >= 0.3 is 0 Å². The van der Waals surface area contributed by atoms with Crippen molar-refractivity contribution >= 4 is 0 Å². The third-order valence-electron chi connectivity index (χ3n) is 2.64. The topological polar surface area (TPSA) is 58.9 Å². The van der Waals surface area contributed by atoms with Crippen molar-refractivity contribution in [3.05, 3.63) is 0 Å². The van der Waals surface area contributed by atoms with Crippen molar-refractivity contribution in [3.63, 3.8) is 0 Å². The van der Waals surface area contributed by atoms with Crippen LogP contribution in [-0.2, 0) is 9.47 Å². The number of hydrogen-bond acceptors (Lipinski definition) is 4. The summed E-state index contributed by atoms with van der Waals surface area (Å²) >= 11 is 0. The van der Waals surface area contributed by atoms with Crippen LogP contribution in [0.2, 0.25) is 0 Å². The first kappa shape index (κ1) is 8.44. The second-order valence-corrected chi connectivity index (χ2v) is 3.58. The minimum atomic E-state index is -0.632. The molecule has 2 aliphatic rings. The van der Waals surface area contributed by atoms with E-state index in [1.54, 1.807) is 0 Å². The first-order valence-electron chi connectivity index (χ1n) is 4.30. The van der Waals surface area contributed by atoms with Gasteiger partial charge in [-0.15, -0.1) is 0 Å². The Bertz CT molecular complexity index is 135. The fourth-order valence-electron chi connectivity index (χ4n) is 1.46. The molecular formula is C8H14O4. The van der Waals surface area contributed by atoms with Gasteiger partial charge in [0, 0.05) is 11.8 Å². The normalized spacial score (nSPS) is 30.5. The SMILES string of the molecule is OC(C1COC1)C(O)C1COC1. The summed E-state index contributed by atoms with van der Waals surface area (Å²) in [5.74, 6) is 0.251. The molecule has 2 rings (SSSR count). The molecule has 0 amide bonds. The van der Waals surface area contributed by atoms with Crippen LogP contribution in [0.3, 0.4) is 0 Å². The van der Waals surface area contributed by atoms with E-state index in [2.05, 4.69) is 0 Å². The van der Waals surface area contributed by atoms with Crippen LogP contribution in [0.1, 0.15) is 0 Å². The Hall–Kier alpha value is -0.160. The zero-order chi connectivity index (χ0) is 8.55. The zero-order valence-electron chi connectivity index (χ0n) is 6.85. The van der Waals surface area contributed by atoms with Gasteiger partial charge in [0.1, 0.15) is 0 Å². The van der Waals surface area contributed by atoms with E-state index in [1.165, 1.54) is 0 Å². The average Bonchev–Trinajstić information content (AvgIpc) is 1.79. The molecule has 4 nitrogen and oxygen atoms in total. The lowest BCUT2D eigenvalue weighted by Crippen LogP contribution is -2.51. The van der Waals surface area contributed by atoms with Crippen LogP contribution < -0.4 is 0 Å². The van der Waals surface area contributed by atoms with Crippen molar-refractivity contribution < 1.29 is 19.7 Å². The Morgan fingerprint density at radius 3 is 1.33 bits per heavy atom. The fraction of sp³-hybridized carbons (Fsp3) is 1.00. The minimum Gasteiger partial charge on any atom is -0.390 e. The van der Waals surface area contributed by atoms with Crippen molar-refractivity contribution in [3.8, 4) is 0 Å². The summed E-state index contributed by atoms with van der Waals surface area (Å²) in [7, 11) is 0. The third kappa shape index (κ3) is 1.35. The Labute approximate surface area is 71.1 Å². The van der Waals surface area contributed by atoms with E-state index in [-0.39, 0.29) is 11.8 Å². The molecular weight excluding hydrogens is 160 g/mol. The Balaban J connectivity index is 1.80.